The van der Waals surface area contributed by atoms with Crippen molar-refractivity contribution in [1.82, 2.24) is 10.2 Å². The summed E-state index contributed by atoms with van der Waals surface area (Å²) in [5.41, 5.74) is 1.77. The van der Waals surface area contributed by atoms with Gasteiger partial charge in [0.2, 0.25) is 11.8 Å². The van der Waals surface area contributed by atoms with E-state index in [1.54, 1.807) is 67.6 Å². The van der Waals surface area contributed by atoms with E-state index in [0.717, 1.165) is 15.4 Å². The summed E-state index contributed by atoms with van der Waals surface area (Å²) >= 11 is 6.05. The molecule has 0 aliphatic heterocycles. The van der Waals surface area contributed by atoms with E-state index in [1.807, 2.05) is 13.8 Å². The topological polar surface area (TPSA) is 96.0 Å². The van der Waals surface area contributed by atoms with Gasteiger partial charge in [-0.1, -0.05) is 54.9 Å². The summed E-state index contributed by atoms with van der Waals surface area (Å²) in [7, 11) is -2.74. The predicted octanol–water partition coefficient (Wildman–Crippen LogP) is 4.80. The van der Waals surface area contributed by atoms with Crippen molar-refractivity contribution >= 4 is 39.1 Å². The zero-order chi connectivity index (χ0) is 28.6. The number of halogens is 1. The Bertz CT molecular complexity index is 1380. The molecule has 0 unspecified atom stereocenters. The molecule has 0 heterocycles. The molecule has 0 saturated heterocycles. The summed E-state index contributed by atoms with van der Waals surface area (Å²) in [6, 6.07) is 19.2. The Morgan fingerprint density at radius 1 is 1.00 bits per heavy atom. The van der Waals surface area contributed by atoms with Crippen molar-refractivity contribution in [2.75, 3.05) is 24.5 Å². The van der Waals surface area contributed by atoms with E-state index in [2.05, 4.69) is 5.32 Å². The van der Waals surface area contributed by atoms with Gasteiger partial charge in [0.05, 0.1) is 17.7 Å². The first-order valence-corrected chi connectivity index (χ1v) is 14.5. The summed E-state index contributed by atoms with van der Waals surface area (Å²) in [6.07, 6.45) is 0.338. The highest BCUT2D eigenvalue weighted by Crippen LogP contribution is 2.33. The predicted molar refractivity (Wildman–Crippen MR) is 153 cm³/mol. The van der Waals surface area contributed by atoms with Crippen LogP contribution in [0.1, 0.15) is 31.4 Å². The van der Waals surface area contributed by atoms with Crippen LogP contribution in [0, 0.1) is 6.92 Å². The third-order valence-corrected chi connectivity index (χ3v) is 8.24. The monoisotopic (exact) mass is 571 g/mol. The van der Waals surface area contributed by atoms with Gasteiger partial charge in [-0.15, -0.1) is 0 Å². The molecule has 0 bridgehead atoms. The highest BCUT2D eigenvalue weighted by molar-refractivity contribution is 7.92. The molecule has 1 N–H and O–H groups in total. The first-order valence-electron chi connectivity index (χ1n) is 12.7. The lowest BCUT2D eigenvalue weighted by Crippen LogP contribution is -2.52. The number of likely N-dealkylation sites (N-methyl/N-ethyl adjacent to an activating group) is 1. The van der Waals surface area contributed by atoms with Gasteiger partial charge in [0.15, 0.2) is 0 Å². The minimum absolute atomic E-state index is 0.0291. The molecule has 0 aliphatic rings. The summed E-state index contributed by atoms with van der Waals surface area (Å²) in [5.74, 6) is -0.549. The van der Waals surface area contributed by atoms with Gasteiger partial charge in [-0.3, -0.25) is 13.9 Å². The van der Waals surface area contributed by atoms with E-state index < -0.39 is 28.5 Å². The maximum Gasteiger partial charge on any atom is 0.264 e. The third kappa shape index (κ3) is 7.30. The van der Waals surface area contributed by atoms with Crippen molar-refractivity contribution in [2.45, 2.75) is 44.7 Å². The van der Waals surface area contributed by atoms with E-state index in [-0.39, 0.29) is 23.0 Å². The molecule has 3 aromatic rings. The Morgan fingerprint density at radius 3 is 2.26 bits per heavy atom. The number of amides is 2. The molecule has 0 radical (unpaired) electrons. The van der Waals surface area contributed by atoms with E-state index in [0.29, 0.717) is 23.7 Å². The molecular weight excluding hydrogens is 538 g/mol. The number of anilines is 1. The van der Waals surface area contributed by atoms with Crippen LogP contribution in [-0.4, -0.2) is 51.4 Å². The number of carbonyl (C=O) groups is 2. The van der Waals surface area contributed by atoms with Crippen LogP contribution in [-0.2, 0) is 26.2 Å². The highest BCUT2D eigenvalue weighted by Gasteiger charge is 2.34. The Labute approximate surface area is 235 Å². The molecule has 0 saturated carbocycles. The molecule has 1 atom stereocenters. The molecule has 8 nitrogen and oxygen atoms in total. The number of benzene rings is 3. The summed E-state index contributed by atoms with van der Waals surface area (Å²) < 4.78 is 34.4. The van der Waals surface area contributed by atoms with Gasteiger partial charge in [-0.25, -0.2) is 8.42 Å². The fourth-order valence-electron chi connectivity index (χ4n) is 4.23. The van der Waals surface area contributed by atoms with Crippen LogP contribution in [0.4, 0.5) is 5.69 Å². The van der Waals surface area contributed by atoms with E-state index in [1.165, 1.54) is 24.1 Å². The number of ether oxygens (including phenoxy) is 1. The Kier molecular flexibility index (Phi) is 10.4. The quantitative estimate of drug-likeness (QED) is 0.337. The van der Waals surface area contributed by atoms with Crippen molar-refractivity contribution < 1.29 is 22.7 Å². The first-order chi connectivity index (χ1) is 18.6. The molecule has 39 heavy (non-hydrogen) atoms. The third-order valence-electron chi connectivity index (χ3n) is 6.22. The Hall–Kier alpha value is -3.56. The van der Waals surface area contributed by atoms with Crippen molar-refractivity contribution in [3.05, 3.63) is 88.9 Å². The average Bonchev–Trinajstić information content (AvgIpc) is 2.93. The lowest BCUT2D eigenvalue weighted by Gasteiger charge is -2.33. The molecule has 3 rings (SSSR count). The normalized spacial score (nSPS) is 11.9. The van der Waals surface area contributed by atoms with Crippen LogP contribution in [0.2, 0.25) is 5.02 Å². The zero-order valence-electron chi connectivity index (χ0n) is 22.6. The number of nitrogens with one attached hydrogen (secondary N) is 1. The van der Waals surface area contributed by atoms with Crippen LogP contribution in [0.5, 0.6) is 5.75 Å². The standard InChI is InChI=1S/C29H34ClN3O5S/c1-5-25(29(35)31-6-2)32(19-22-13-15-23(30)16-14-22)28(34)20-33(26-18-21(3)12-17-27(26)38-4)39(36,37)24-10-8-7-9-11-24/h7-18,25H,5-6,19-20H2,1-4H3,(H,31,35)/t25-/m0/s1. The second-order valence-corrected chi connectivity index (χ2v) is 11.3. The number of methoxy groups -OCH3 is 1. The van der Waals surface area contributed by atoms with Gasteiger partial charge in [0, 0.05) is 18.1 Å². The van der Waals surface area contributed by atoms with Crippen molar-refractivity contribution in [3.63, 3.8) is 0 Å². The van der Waals surface area contributed by atoms with E-state index in [4.69, 9.17) is 16.3 Å². The lowest BCUT2D eigenvalue weighted by atomic mass is 10.1. The van der Waals surface area contributed by atoms with Crippen LogP contribution < -0.4 is 14.4 Å². The molecule has 0 aromatic heterocycles. The maximum absolute atomic E-state index is 14.0. The molecule has 0 spiro atoms. The molecule has 0 aliphatic carbocycles. The van der Waals surface area contributed by atoms with Gasteiger partial charge in [-0.05, 0) is 67.8 Å². The van der Waals surface area contributed by atoms with Gasteiger partial charge in [-0.2, -0.15) is 0 Å². The maximum atomic E-state index is 14.0. The van der Waals surface area contributed by atoms with Gasteiger partial charge >= 0.3 is 0 Å². The summed E-state index contributed by atoms with van der Waals surface area (Å²) in [5, 5.41) is 3.33. The van der Waals surface area contributed by atoms with Crippen molar-refractivity contribution in [2.24, 2.45) is 0 Å². The largest absolute Gasteiger partial charge is 0.495 e. The average molecular weight is 572 g/mol. The van der Waals surface area contributed by atoms with Gasteiger partial charge in [0.25, 0.3) is 10.0 Å². The van der Waals surface area contributed by atoms with Crippen LogP contribution in [0.15, 0.2) is 77.7 Å². The first kappa shape index (κ1) is 30.0. The minimum Gasteiger partial charge on any atom is -0.495 e. The Morgan fingerprint density at radius 2 is 1.67 bits per heavy atom. The SMILES string of the molecule is CCNC(=O)[C@H](CC)N(Cc1ccc(Cl)cc1)C(=O)CN(c1cc(C)ccc1OC)S(=O)(=O)c1ccccc1. The number of aryl methyl sites for hydroxylation is 1. The van der Waals surface area contributed by atoms with Crippen LogP contribution in [0.3, 0.4) is 0 Å². The number of sulfonamides is 1. The second kappa shape index (κ2) is 13.5. The number of hydrogen-bond donors (Lipinski definition) is 1. The number of hydrogen-bond acceptors (Lipinski definition) is 5. The van der Waals surface area contributed by atoms with Crippen LogP contribution in [0.25, 0.3) is 0 Å². The second-order valence-electron chi connectivity index (χ2n) is 8.97. The number of rotatable bonds is 12. The molecule has 2 amide bonds. The zero-order valence-corrected chi connectivity index (χ0v) is 24.1. The Balaban J connectivity index is 2.11. The summed E-state index contributed by atoms with van der Waals surface area (Å²) in [4.78, 5) is 28.5. The van der Waals surface area contributed by atoms with Gasteiger partial charge in [0.1, 0.15) is 18.3 Å². The molecular formula is C29H34ClN3O5S. The molecule has 10 heteroatoms. The lowest BCUT2D eigenvalue weighted by molar-refractivity contribution is -0.140. The minimum atomic E-state index is -4.19. The van der Waals surface area contributed by atoms with E-state index in [9.17, 15) is 18.0 Å². The molecule has 3 aromatic carbocycles. The summed E-state index contributed by atoms with van der Waals surface area (Å²) in [6.45, 7) is 5.38. The number of nitrogens with zero attached hydrogens (tertiary/aromatic N) is 2. The fraction of sp³-hybridized carbons (Fsp3) is 0.310. The van der Waals surface area contributed by atoms with Crippen LogP contribution >= 0.6 is 11.6 Å². The van der Waals surface area contributed by atoms with E-state index >= 15 is 0 Å². The highest BCUT2D eigenvalue weighted by atomic mass is 35.5. The molecule has 0 fully saturated rings. The van der Waals surface area contributed by atoms with Gasteiger partial charge < -0.3 is 15.0 Å². The number of carbonyl (C=O) groups excluding carboxylic acids is 2. The van der Waals surface area contributed by atoms with Crippen molar-refractivity contribution in [3.8, 4) is 5.75 Å². The van der Waals surface area contributed by atoms with Crippen molar-refractivity contribution in [1.29, 1.82) is 0 Å². The smallest absolute Gasteiger partial charge is 0.264 e. The fourth-order valence-corrected chi connectivity index (χ4v) is 5.79. The molecule has 208 valence electrons.